The van der Waals surface area contributed by atoms with Crippen LogP contribution in [0.3, 0.4) is 0 Å². The summed E-state index contributed by atoms with van der Waals surface area (Å²) in [7, 11) is 0. The highest BCUT2D eigenvalue weighted by molar-refractivity contribution is 7.80. The second-order valence-electron chi connectivity index (χ2n) is 7.54. The van der Waals surface area contributed by atoms with Crippen LogP contribution in [0.15, 0.2) is 48.5 Å². The number of carbonyl (C=O) groups excluding carboxylic acids is 2. The molecule has 7 heteroatoms. The third-order valence-electron chi connectivity index (χ3n) is 5.08. The number of amides is 2. The molecular formula is C24H29N3O3S. The van der Waals surface area contributed by atoms with Gasteiger partial charge in [0.2, 0.25) is 0 Å². The molecule has 0 aromatic heterocycles. The smallest absolute Gasteiger partial charge is 0.261 e. The van der Waals surface area contributed by atoms with E-state index in [-0.39, 0.29) is 16.9 Å². The normalized spacial score (nSPS) is 13.8. The third-order valence-corrected chi connectivity index (χ3v) is 5.29. The van der Waals surface area contributed by atoms with Gasteiger partial charge < -0.3 is 15.0 Å². The van der Waals surface area contributed by atoms with Gasteiger partial charge in [0.15, 0.2) is 5.11 Å². The molecule has 0 bridgehead atoms. The van der Waals surface area contributed by atoms with Gasteiger partial charge in [0, 0.05) is 24.3 Å². The predicted molar refractivity (Wildman–Crippen MR) is 127 cm³/mol. The summed E-state index contributed by atoms with van der Waals surface area (Å²) in [5, 5.41) is 5.85. The first-order valence-corrected chi connectivity index (χ1v) is 11.2. The van der Waals surface area contributed by atoms with Crippen molar-refractivity contribution in [3.8, 4) is 5.75 Å². The molecule has 0 saturated carbocycles. The molecule has 0 atom stereocenters. The second kappa shape index (κ2) is 11.5. The number of ether oxygens (including phenoxy) is 1. The molecule has 2 amide bonds. The molecular weight excluding hydrogens is 410 g/mol. The van der Waals surface area contributed by atoms with Crippen LogP contribution < -0.4 is 15.4 Å². The zero-order valence-electron chi connectivity index (χ0n) is 17.9. The van der Waals surface area contributed by atoms with Gasteiger partial charge in [0.25, 0.3) is 11.8 Å². The van der Waals surface area contributed by atoms with E-state index in [1.807, 2.05) is 30.0 Å². The monoisotopic (exact) mass is 439 g/mol. The van der Waals surface area contributed by atoms with Gasteiger partial charge in [-0.2, -0.15) is 0 Å². The average molecular weight is 440 g/mol. The van der Waals surface area contributed by atoms with Crippen molar-refractivity contribution in [2.75, 3.05) is 25.0 Å². The van der Waals surface area contributed by atoms with Gasteiger partial charge in [-0.3, -0.25) is 14.9 Å². The number of likely N-dealkylation sites (tertiary alicyclic amines) is 1. The van der Waals surface area contributed by atoms with Crippen molar-refractivity contribution in [1.82, 2.24) is 10.2 Å². The summed E-state index contributed by atoms with van der Waals surface area (Å²) in [6.07, 6.45) is 5.28. The Kier molecular flexibility index (Phi) is 8.41. The molecule has 1 saturated heterocycles. The van der Waals surface area contributed by atoms with Crippen LogP contribution in [-0.4, -0.2) is 41.5 Å². The molecule has 0 spiro atoms. The Labute approximate surface area is 189 Å². The molecule has 3 rings (SSSR count). The minimum Gasteiger partial charge on any atom is -0.493 e. The van der Waals surface area contributed by atoms with Gasteiger partial charge >= 0.3 is 0 Å². The van der Waals surface area contributed by atoms with E-state index in [0.29, 0.717) is 29.2 Å². The molecule has 1 aliphatic heterocycles. The maximum atomic E-state index is 12.9. The van der Waals surface area contributed by atoms with E-state index in [1.54, 1.807) is 30.3 Å². The zero-order valence-corrected chi connectivity index (χ0v) is 18.7. The Morgan fingerprint density at radius 2 is 1.77 bits per heavy atom. The van der Waals surface area contributed by atoms with Crippen molar-refractivity contribution in [2.45, 2.75) is 39.0 Å². The van der Waals surface area contributed by atoms with Gasteiger partial charge in [-0.05, 0) is 61.8 Å². The fourth-order valence-corrected chi connectivity index (χ4v) is 3.72. The number of carbonyl (C=O) groups is 2. The van der Waals surface area contributed by atoms with Crippen molar-refractivity contribution >= 4 is 34.8 Å². The number of hydrogen-bond donors (Lipinski definition) is 2. The molecule has 1 fully saturated rings. The number of nitrogens with zero attached hydrogens (tertiary/aromatic N) is 1. The van der Waals surface area contributed by atoms with Crippen molar-refractivity contribution < 1.29 is 14.3 Å². The summed E-state index contributed by atoms with van der Waals surface area (Å²) >= 11 is 5.32. The minimum atomic E-state index is -0.346. The molecule has 1 heterocycles. The number of benzene rings is 2. The Morgan fingerprint density at radius 3 is 2.52 bits per heavy atom. The summed E-state index contributed by atoms with van der Waals surface area (Å²) in [5.41, 5.74) is 1.69. The Bertz CT molecular complexity index is 924. The van der Waals surface area contributed by atoms with Crippen LogP contribution in [0.25, 0.3) is 0 Å². The summed E-state index contributed by atoms with van der Waals surface area (Å²) in [6.45, 7) is 4.13. The predicted octanol–water partition coefficient (Wildman–Crippen LogP) is 4.62. The number of para-hydroxylation sites is 1. The summed E-state index contributed by atoms with van der Waals surface area (Å²) < 4.78 is 5.65. The third kappa shape index (κ3) is 6.52. The van der Waals surface area contributed by atoms with Gasteiger partial charge in [0.05, 0.1) is 12.2 Å². The first-order chi connectivity index (χ1) is 15.1. The molecule has 1 aliphatic rings. The van der Waals surface area contributed by atoms with Crippen molar-refractivity contribution in [2.24, 2.45) is 0 Å². The van der Waals surface area contributed by atoms with E-state index in [4.69, 9.17) is 17.0 Å². The van der Waals surface area contributed by atoms with Crippen LogP contribution in [0.1, 0.15) is 59.7 Å². The molecule has 0 unspecified atom stereocenters. The average Bonchev–Trinajstić information content (AvgIpc) is 3.07. The lowest BCUT2D eigenvalue weighted by Crippen LogP contribution is -2.34. The lowest BCUT2D eigenvalue weighted by molar-refractivity contribution is 0.0761. The highest BCUT2D eigenvalue weighted by Crippen LogP contribution is 2.19. The Hall–Kier alpha value is -2.93. The molecule has 2 aromatic rings. The van der Waals surface area contributed by atoms with Crippen molar-refractivity contribution in [3.05, 3.63) is 59.7 Å². The molecule has 0 radical (unpaired) electrons. The molecule has 2 N–H and O–H groups in total. The number of thiocarbonyl (C=S) groups is 1. The highest BCUT2D eigenvalue weighted by atomic mass is 32.1. The van der Waals surface area contributed by atoms with Crippen LogP contribution in [0.2, 0.25) is 0 Å². The Balaban J connectivity index is 1.63. The fourth-order valence-electron chi connectivity index (χ4n) is 3.51. The van der Waals surface area contributed by atoms with Gasteiger partial charge in [-0.15, -0.1) is 0 Å². The minimum absolute atomic E-state index is 0.0301. The number of rotatable bonds is 6. The fraction of sp³-hybridized carbons (Fsp3) is 0.375. The number of hydrogen-bond acceptors (Lipinski definition) is 4. The highest BCUT2D eigenvalue weighted by Gasteiger charge is 2.18. The van der Waals surface area contributed by atoms with Crippen LogP contribution in [0, 0.1) is 0 Å². The Morgan fingerprint density at radius 1 is 1.03 bits per heavy atom. The first-order valence-electron chi connectivity index (χ1n) is 10.8. The second-order valence-corrected chi connectivity index (χ2v) is 7.95. The summed E-state index contributed by atoms with van der Waals surface area (Å²) in [5.74, 6) is 0.207. The molecule has 6 nitrogen and oxygen atoms in total. The molecule has 164 valence electrons. The summed E-state index contributed by atoms with van der Waals surface area (Å²) in [4.78, 5) is 27.4. The van der Waals surface area contributed by atoms with Gasteiger partial charge in [-0.25, -0.2) is 0 Å². The van der Waals surface area contributed by atoms with Gasteiger partial charge in [0.1, 0.15) is 5.75 Å². The van der Waals surface area contributed by atoms with Crippen LogP contribution >= 0.6 is 12.2 Å². The van der Waals surface area contributed by atoms with Crippen LogP contribution in [-0.2, 0) is 0 Å². The van der Waals surface area contributed by atoms with Crippen molar-refractivity contribution in [3.63, 3.8) is 0 Å². The standard InChI is InChI=1S/C24H29N3O3S/c1-2-16-30-21-13-6-5-12-20(21)22(28)26-24(31)25-19-11-9-10-18(17-19)23(29)27-14-7-3-4-8-15-27/h5-6,9-13,17H,2-4,7-8,14-16H2,1H3,(H2,25,26,28,31). The molecule has 0 aliphatic carbocycles. The summed E-state index contributed by atoms with van der Waals surface area (Å²) in [6, 6.07) is 14.3. The quantitative estimate of drug-likeness (QED) is 0.643. The van der Waals surface area contributed by atoms with E-state index in [9.17, 15) is 9.59 Å². The van der Waals surface area contributed by atoms with E-state index in [2.05, 4.69) is 10.6 Å². The van der Waals surface area contributed by atoms with Crippen molar-refractivity contribution in [1.29, 1.82) is 0 Å². The van der Waals surface area contributed by atoms with E-state index in [0.717, 1.165) is 32.4 Å². The SMILES string of the molecule is CCCOc1ccccc1C(=O)NC(=S)Nc1cccc(C(=O)N2CCCCCC2)c1. The lowest BCUT2D eigenvalue weighted by atomic mass is 10.1. The maximum Gasteiger partial charge on any atom is 0.261 e. The van der Waals surface area contributed by atoms with E-state index >= 15 is 0 Å². The zero-order chi connectivity index (χ0) is 22.1. The number of nitrogens with one attached hydrogen (secondary N) is 2. The topological polar surface area (TPSA) is 70.7 Å². The van der Waals surface area contributed by atoms with E-state index in [1.165, 1.54) is 12.8 Å². The maximum absolute atomic E-state index is 12.9. The van der Waals surface area contributed by atoms with Crippen LogP contribution in [0.4, 0.5) is 5.69 Å². The van der Waals surface area contributed by atoms with Gasteiger partial charge in [-0.1, -0.05) is 38.0 Å². The molecule has 31 heavy (non-hydrogen) atoms. The van der Waals surface area contributed by atoms with Crippen LogP contribution in [0.5, 0.6) is 5.75 Å². The van der Waals surface area contributed by atoms with E-state index < -0.39 is 0 Å². The largest absolute Gasteiger partial charge is 0.493 e. The lowest BCUT2D eigenvalue weighted by Gasteiger charge is -2.20. The number of anilines is 1. The first kappa shape index (κ1) is 22.7. The molecule has 2 aromatic carbocycles.